The van der Waals surface area contributed by atoms with E-state index in [1.807, 2.05) is 6.07 Å². The van der Waals surface area contributed by atoms with E-state index in [0.717, 1.165) is 17.4 Å². The zero-order valence-corrected chi connectivity index (χ0v) is 11.8. The molecule has 0 atom stereocenters. The maximum atomic E-state index is 10.1. The summed E-state index contributed by atoms with van der Waals surface area (Å²) < 4.78 is 2.28. The number of aromatic nitrogens is 1. The van der Waals surface area contributed by atoms with Crippen LogP contribution in [0.1, 0.15) is 38.4 Å². The van der Waals surface area contributed by atoms with Crippen molar-refractivity contribution in [2.75, 3.05) is 13.1 Å². The smallest absolute Gasteiger partial charge is 0.139 e. The summed E-state index contributed by atoms with van der Waals surface area (Å²) >= 11 is 0. The van der Waals surface area contributed by atoms with E-state index in [4.69, 9.17) is 0 Å². The Kier molecular flexibility index (Phi) is 3.23. The highest BCUT2D eigenvalue weighted by Crippen LogP contribution is 2.31. The van der Waals surface area contributed by atoms with Crippen molar-refractivity contribution in [3.05, 3.63) is 30.0 Å². The highest BCUT2D eigenvalue weighted by molar-refractivity contribution is 5.86. The van der Waals surface area contributed by atoms with E-state index in [2.05, 4.69) is 35.4 Å². The molecule has 1 fully saturated rings. The molecular formula is C16H22N2O. The normalized spacial score (nSPS) is 16.8. The molecule has 1 aromatic heterocycles. The van der Waals surface area contributed by atoms with Gasteiger partial charge in [-0.2, -0.15) is 0 Å². The molecule has 19 heavy (non-hydrogen) atoms. The molecular weight excluding hydrogens is 236 g/mol. The first kappa shape index (κ1) is 12.5. The summed E-state index contributed by atoms with van der Waals surface area (Å²) in [5.74, 6) is 0.388. The number of likely N-dealkylation sites (tertiary alicyclic amines) is 1. The maximum absolute atomic E-state index is 10.1. The third kappa shape index (κ3) is 2.23. The van der Waals surface area contributed by atoms with Crippen molar-refractivity contribution in [1.29, 1.82) is 0 Å². The lowest BCUT2D eigenvalue weighted by Gasteiger charge is -2.19. The van der Waals surface area contributed by atoms with Gasteiger partial charge in [-0.3, -0.25) is 4.90 Å². The molecule has 3 rings (SSSR count). The standard InChI is InChI=1S/C16H22N2O/c1-12(2)18-14(11-17-8-3-4-9-17)10-13-6-5-7-15(19)16(13)18/h5-7,10,12,19H,3-4,8-9,11H2,1-2H3. The number of nitrogens with zero attached hydrogens (tertiary/aromatic N) is 2. The van der Waals surface area contributed by atoms with Gasteiger partial charge in [0.1, 0.15) is 5.75 Å². The van der Waals surface area contributed by atoms with Crippen molar-refractivity contribution in [2.24, 2.45) is 0 Å². The summed E-state index contributed by atoms with van der Waals surface area (Å²) in [6, 6.07) is 8.38. The molecule has 3 nitrogen and oxygen atoms in total. The van der Waals surface area contributed by atoms with Crippen molar-refractivity contribution >= 4 is 10.9 Å². The minimum absolute atomic E-state index is 0.364. The van der Waals surface area contributed by atoms with Crippen LogP contribution in [0.5, 0.6) is 5.75 Å². The third-order valence-electron chi connectivity index (χ3n) is 4.02. The van der Waals surface area contributed by atoms with Crippen LogP contribution >= 0.6 is 0 Å². The molecule has 0 saturated carbocycles. The highest BCUT2D eigenvalue weighted by atomic mass is 16.3. The van der Waals surface area contributed by atoms with Gasteiger partial charge in [-0.25, -0.2) is 0 Å². The van der Waals surface area contributed by atoms with E-state index < -0.39 is 0 Å². The average Bonchev–Trinajstić information content (AvgIpc) is 2.97. The van der Waals surface area contributed by atoms with Crippen molar-refractivity contribution in [1.82, 2.24) is 9.47 Å². The molecule has 1 N–H and O–H groups in total. The van der Waals surface area contributed by atoms with Gasteiger partial charge in [0, 0.05) is 23.7 Å². The van der Waals surface area contributed by atoms with Gasteiger partial charge in [-0.15, -0.1) is 0 Å². The monoisotopic (exact) mass is 258 g/mol. The number of benzene rings is 1. The molecule has 2 heterocycles. The second-order valence-corrected chi connectivity index (χ2v) is 5.80. The van der Waals surface area contributed by atoms with E-state index >= 15 is 0 Å². The number of fused-ring (bicyclic) bond motifs is 1. The van der Waals surface area contributed by atoms with Gasteiger partial charge in [0.05, 0.1) is 5.52 Å². The molecule has 3 heteroatoms. The Labute approximate surface area is 114 Å². The van der Waals surface area contributed by atoms with Gasteiger partial charge < -0.3 is 9.67 Å². The van der Waals surface area contributed by atoms with Crippen LogP contribution in [0.25, 0.3) is 10.9 Å². The Morgan fingerprint density at radius 3 is 2.63 bits per heavy atom. The summed E-state index contributed by atoms with van der Waals surface area (Å²) in [7, 11) is 0. The fourth-order valence-corrected chi connectivity index (χ4v) is 3.20. The molecule has 0 amide bonds. The van der Waals surface area contributed by atoms with Gasteiger partial charge in [-0.05, 0) is 51.9 Å². The predicted octanol–water partition coefficient (Wildman–Crippen LogP) is 3.52. The Morgan fingerprint density at radius 1 is 1.21 bits per heavy atom. The van der Waals surface area contributed by atoms with Crippen molar-refractivity contribution in [2.45, 2.75) is 39.3 Å². The lowest BCUT2D eigenvalue weighted by molar-refractivity contribution is 0.319. The van der Waals surface area contributed by atoms with Crippen molar-refractivity contribution < 1.29 is 5.11 Å². The van der Waals surface area contributed by atoms with E-state index in [1.54, 1.807) is 6.07 Å². The van der Waals surface area contributed by atoms with Crippen LogP contribution in [0.3, 0.4) is 0 Å². The number of hydrogen-bond donors (Lipinski definition) is 1. The van der Waals surface area contributed by atoms with Gasteiger partial charge in [0.15, 0.2) is 0 Å². The van der Waals surface area contributed by atoms with E-state index in [-0.39, 0.29) is 0 Å². The van der Waals surface area contributed by atoms with Gasteiger partial charge in [0.25, 0.3) is 0 Å². The lowest BCUT2D eigenvalue weighted by Crippen LogP contribution is -2.21. The van der Waals surface area contributed by atoms with Crippen LogP contribution < -0.4 is 0 Å². The van der Waals surface area contributed by atoms with Gasteiger partial charge in [0.2, 0.25) is 0 Å². The first-order chi connectivity index (χ1) is 9.16. The van der Waals surface area contributed by atoms with Crippen molar-refractivity contribution in [3.8, 4) is 5.75 Å². The number of hydrogen-bond acceptors (Lipinski definition) is 2. The zero-order chi connectivity index (χ0) is 13.4. The summed E-state index contributed by atoms with van der Waals surface area (Å²) in [5, 5.41) is 11.3. The molecule has 0 unspecified atom stereocenters. The molecule has 0 bridgehead atoms. The molecule has 0 spiro atoms. The van der Waals surface area contributed by atoms with E-state index in [0.29, 0.717) is 11.8 Å². The van der Waals surface area contributed by atoms with E-state index in [9.17, 15) is 5.11 Å². The molecule has 0 radical (unpaired) electrons. The first-order valence-corrected chi connectivity index (χ1v) is 7.21. The highest BCUT2D eigenvalue weighted by Gasteiger charge is 2.18. The van der Waals surface area contributed by atoms with Crippen LogP contribution in [0.2, 0.25) is 0 Å². The molecule has 1 aliphatic heterocycles. The second-order valence-electron chi connectivity index (χ2n) is 5.80. The SMILES string of the molecule is CC(C)n1c(CN2CCCC2)cc2cccc(O)c21. The molecule has 1 saturated heterocycles. The number of para-hydroxylation sites is 1. The second kappa shape index (κ2) is 4.89. The van der Waals surface area contributed by atoms with Crippen LogP contribution in [-0.2, 0) is 6.54 Å². The van der Waals surface area contributed by atoms with Crippen LogP contribution in [0.4, 0.5) is 0 Å². The number of phenolic OH excluding ortho intramolecular Hbond substituents is 1. The van der Waals surface area contributed by atoms with Gasteiger partial charge >= 0.3 is 0 Å². The Bertz CT molecular complexity index is 580. The summed E-state index contributed by atoms with van der Waals surface area (Å²) in [6.45, 7) is 7.75. The van der Waals surface area contributed by atoms with Crippen LogP contribution in [0.15, 0.2) is 24.3 Å². The van der Waals surface area contributed by atoms with Crippen LogP contribution in [-0.4, -0.2) is 27.7 Å². The van der Waals surface area contributed by atoms with Gasteiger partial charge in [-0.1, -0.05) is 12.1 Å². The molecule has 1 aliphatic rings. The fourth-order valence-electron chi connectivity index (χ4n) is 3.20. The minimum Gasteiger partial charge on any atom is -0.506 e. The zero-order valence-electron chi connectivity index (χ0n) is 11.8. The molecule has 1 aromatic carbocycles. The number of aromatic hydroxyl groups is 1. The summed E-state index contributed by atoms with van der Waals surface area (Å²) in [4.78, 5) is 2.50. The molecule has 2 aromatic rings. The minimum atomic E-state index is 0.364. The maximum Gasteiger partial charge on any atom is 0.139 e. The quantitative estimate of drug-likeness (QED) is 0.912. The summed E-state index contributed by atoms with van der Waals surface area (Å²) in [6.07, 6.45) is 2.63. The summed E-state index contributed by atoms with van der Waals surface area (Å²) in [5.41, 5.74) is 2.29. The average molecular weight is 258 g/mol. The Morgan fingerprint density at radius 2 is 1.95 bits per heavy atom. The van der Waals surface area contributed by atoms with Crippen molar-refractivity contribution in [3.63, 3.8) is 0 Å². The first-order valence-electron chi connectivity index (χ1n) is 7.21. The van der Waals surface area contributed by atoms with E-state index in [1.165, 1.54) is 31.6 Å². The lowest BCUT2D eigenvalue weighted by atomic mass is 10.2. The predicted molar refractivity (Wildman–Crippen MR) is 78.5 cm³/mol. The topological polar surface area (TPSA) is 28.4 Å². The molecule has 0 aliphatic carbocycles. The number of phenols is 1. The third-order valence-corrected chi connectivity index (χ3v) is 4.02. The Hall–Kier alpha value is -1.48. The molecule has 102 valence electrons. The van der Waals surface area contributed by atoms with Crippen LogP contribution in [0, 0.1) is 0 Å². The fraction of sp³-hybridized carbons (Fsp3) is 0.500. The number of rotatable bonds is 3. The largest absolute Gasteiger partial charge is 0.506 e. The Balaban J connectivity index is 2.07.